The molecule has 1 aliphatic rings. The van der Waals surface area contributed by atoms with E-state index in [1.165, 1.54) is 6.92 Å². The maximum Gasteiger partial charge on any atom is 0.219 e. The molecule has 1 atom stereocenters. The summed E-state index contributed by atoms with van der Waals surface area (Å²) in [6, 6.07) is 5.58. The Kier molecular flexibility index (Phi) is 4.74. The molecule has 0 saturated heterocycles. The number of carbonyl (C=O) groups is 1. The second kappa shape index (κ2) is 6.13. The summed E-state index contributed by atoms with van der Waals surface area (Å²) in [4.78, 5) is 13.5. The first kappa shape index (κ1) is 17.8. The smallest absolute Gasteiger partial charge is 0.219 e. The summed E-state index contributed by atoms with van der Waals surface area (Å²) in [5, 5.41) is 10.5. The fraction of sp³-hybridized carbons (Fsp3) is 0.611. The normalized spacial score (nSPS) is 17.9. The van der Waals surface area contributed by atoms with Crippen molar-refractivity contribution in [2.45, 2.75) is 65.6 Å². The van der Waals surface area contributed by atoms with Crippen molar-refractivity contribution in [2.75, 3.05) is 6.54 Å². The lowest BCUT2D eigenvalue weighted by Gasteiger charge is -2.37. The third-order valence-corrected chi connectivity index (χ3v) is 3.95. The number of fused-ring (bicyclic) bond motifs is 1. The zero-order valence-electron chi connectivity index (χ0n) is 14.8. The number of benzene rings is 1. The molecule has 1 aromatic rings. The molecule has 23 heavy (non-hydrogen) atoms. The van der Waals surface area contributed by atoms with Crippen LogP contribution in [0.5, 0.6) is 5.75 Å². The molecule has 1 aromatic carbocycles. The van der Waals surface area contributed by atoms with E-state index in [-0.39, 0.29) is 18.0 Å². The minimum absolute atomic E-state index is 0.0528. The van der Waals surface area contributed by atoms with E-state index in [9.17, 15) is 9.90 Å². The largest absolute Gasteiger partial charge is 0.463 e. The third kappa shape index (κ3) is 4.24. The molecule has 0 spiro atoms. The molecule has 0 bridgehead atoms. The van der Waals surface area contributed by atoms with Gasteiger partial charge in [-0.05, 0) is 38.5 Å². The van der Waals surface area contributed by atoms with Gasteiger partial charge in [0, 0.05) is 31.9 Å². The molecule has 1 N–H and O–H groups in total. The van der Waals surface area contributed by atoms with Crippen LogP contribution in [0.15, 0.2) is 18.2 Å². The number of aliphatic hydroxyl groups is 1. The molecule has 1 unspecified atom stereocenters. The van der Waals surface area contributed by atoms with Crippen LogP contribution in [0.25, 0.3) is 0 Å². The van der Waals surface area contributed by atoms with Crippen LogP contribution in [0.3, 0.4) is 0 Å². The van der Waals surface area contributed by atoms with E-state index in [0.29, 0.717) is 6.61 Å². The van der Waals surface area contributed by atoms with E-state index >= 15 is 0 Å². The van der Waals surface area contributed by atoms with Gasteiger partial charge in [0.05, 0.1) is 19.3 Å². The van der Waals surface area contributed by atoms with Gasteiger partial charge < -0.3 is 19.5 Å². The Hall–Kier alpha value is -1.59. The van der Waals surface area contributed by atoms with Gasteiger partial charge >= 0.3 is 0 Å². The van der Waals surface area contributed by atoms with Gasteiger partial charge in [-0.3, -0.25) is 4.79 Å². The van der Waals surface area contributed by atoms with Crippen LogP contribution in [0.4, 0.5) is 0 Å². The molecule has 0 fully saturated rings. The Morgan fingerprint density at radius 3 is 2.61 bits per heavy atom. The van der Waals surface area contributed by atoms with Gasteiger partial charge in [0.1, 0.15) is 5.75 Å². The summed E-state index contributed by atoms with van der Waals surface area (Å²) in [6.45, 7) is 11.8. The number of aliphatic hydroxyl groups excluding tert-OH is 1. The van der Waals surface area contributed by atoms with Crippen molar-refractivity contribution in [3.63, 3.8) is 0 Å². The first-order valence-electron chi connectivity index (χ1n) is 7.92. The average molecular weight is 321 g/mol. The summed E-state index contributed by atoms with van der Waals surface area (Å²) in [6.07, 6.45) is -0.752. The first-order chi connectivity index (χ1) is 10.5. The number of nitrogens with zero attached hydrogens (tertiary/aromatic N) is 1. The first-order valence-corrected chi connectivity index (χ1v) is 7.92. The third-order valence-electron chi connectivity index (χ3n) is 3.95. The fourth-order valence-corrected chi connectivity index (χ4v) is 2.72. The lowest BCUT2D eigenvalue weighted by atomic mass is 10.0. The minimum Gasteiger partial charge on any atom is -0.463 e. The highest BCUT2D eigenvalue weighted by Gasteiger charge is 2.29. The molecule has 1 heterocycles. The summed E-state index contributed by atoms with van der Waals surface area (Å²) in [7, 11) is 0. The lowest BCUT2D eigenvalue weighted by Crippen LogP contribution is -2.46. The van der Waals surface area contributed by atoms with Crippen molar-refractivity contribution < 1.29 is 19.4 Å². The summed E-state index contributed by atoms with van der Waals surface area (Å²) in [5.74, 6) is 0.0875. The Bertz CT molecular complexity index is 589. The lowest BCUT2D eigenvalue weighted by molar-refractivity contribution is -0.180. The summed E-state index contributed by atoms with van der Waals surface area (Å²) >= 11 is 0. The predicted octanol–water partition coefficient (Wildman–Crippen LogP) is 3.01. The minimum atomic E-state index is -0.752. The van der Waals surface area contributed by atoms with Crippen LogP contribution in [-0.4, -0.2) is 33.8 Å². The topological polar surface area (TPSA) is 59.0 Å². The van der Waals surface area contributed by atoms with Crippen molar-refractivity contribution >= 4 is 5.91 Å². The number of hydrogen-bond acceptors (Lipinski definition) is 4. The summed E-state index contributed by atoms with van der Waals surface area (Å²) < 4.78 is 11.4. The number of amides is 1. The molecular weight excluding hydrogens is 294 g/mol. The van der Waals surface area contributed by atoms with Gasteiger partial charge in [-0.2, -0.15) is 0 Å². The second-order valence-electron chi connectivity index (χ2n) is 7.47. The van der Waals surface area contributed by atoms with E-state index < -0.39 is 11.9 Å². The molecule has 5 heteroatoms. The van der Waals surface area contributed by atoms with Crippen molar-refractivity contribution in [3.05, 3.63) is 29.3 Å². The Morgan fingerprint density at radius 1 is 1.39 bits per heavy atom. The molecule has 0 saturated carbocycles. The van der Waals surface area contributed by atoms with E-state index in [4.69, 9.17) is 9.47 Å². The van der Waals surface area contributed by atoms with Crippen LogP contribution < -0.4 is 4.74 Å². The highest BCUT2D eigenvalue weighted by Crippen LogP contribution is 2.33. The van der Waals surface area contributed by atoms with Crippen molar-refractivity contribution in [2.24, 2.45) is 0 Å². The molecular formula is C18H27NO4. The molecule has 5 nitrogen and oxygen atoms in total. The Balaban J connectivity index is 2.18. The molecule has 0 radical (unpaired) electrons. The predicted molar refractivity (Wildman–Crippen MR) is 88.0 cm³/mol. The van der Waals surface area contributed by atoms with E-state index in [1.807, 2.05) is 52.8 Å². The molecule has 1 amide bonds. The maximum absolute atomic E-state index is 11.8. The van der Waals surface area contributed by atoms with Crippen LogP contribution in [-0.2, 0) is 16.1 Å². The molecule has 0 aromatic heterocycles. The number of ether oxygens (including phenoxy) is 2. The van der Waals surface area contributed by atoms with Gasteiger partial charge in [0.2, 0.25) is 11.7 Å². The van der Waals surface area contributed by atoms with Gasteiger partial charge in [-0.15, -0.1) is 0 Å². The van der Waals surface area contributed by atoms with Crippen molar-refractivity contribution in [1.29, 1.82) is 0 Å². The van der Waals surface area contributed by atoms with Gasteiger partial charge in [0.15, 0.2) is 0 Å². The zero-order valence-corrected chi connectivity index (χ0v) is 14.8. The van der Waals surface area contributed by atoms with Gasteiger partial charge in [-0.1, -0.05) is 6.07 Å². The number of β-amino-alcohol motifs (C(OH)–C–C–N with tert-alkyl or cyclic N) is 1. The van der Waals surface area contributed by atoms with Crippen molar-refractivity contribution in [1.82, 2.24) is 4.90 Å². The fourth-order valence-electron chi connectivity index (χ4n) is 2.72. The number of carbonyl (C=O) groups excluding carboxylic acids is 1. The van der Waals surface area contributed by atoms with Crippen LogP contribution in [0, 0.1) is 0 Å². The Morgan fingerprint density at radius 2 is 2.04 bits per heavy atom. The van der Waals surface area contributed by atoms with E-state index in [2.05, 4.69) is 0 Å². The average Bonchev–Trinajstić information content (AvgIpc) is 2.41. The molecule has 0 aliphatic carbocycles. The van der Waals surface area contributed by atoms with Crippen LogP contribution >= 0.6 is 0 Å². The van der Waals surface area contributed by atoms with Gasteiger partial charge in [0.25, 0.3) is 0 Å². The zero-order chi connectivity index (χ0) is 17.4. The van der Waals surface area contributed by atoms with Crippen LogP contribution in [0.1, 0.15) is 58.8 Å². The quantitative estimate of drug-likeness (QED) is 0.930. The molecule has 2 rings (SSSR count). The standard InChI is InChI=1S/C18H27NO4/c1-12(20)19(17(2,3)4)10-15(21)13-7-8-16-14(9-13)11-22-18(5,6)23-16/h7-9,15,21H,10-11H2,1-6H3. The van der Waals surface area contributed by atoms with Crippen molar-refractivity contribution in [3.8, 4) is 5.75 Å². The molecule has 128 valence electrons. The van der Waals surface area contributed by atoms with E-state index in [1.54, 1.807) is 4.90 Å². The monoisotopic (exact) mass is 321 g/mol. The highest BCUT2D eigenvalue weighted by atomic mass is 16.7. The summed E-state index contributed by atoms with van der Waals surface area (Å²) in [5.41, 5.74) is 1.33. The highest BCUT2D eigenvalue weighted by molar-refractivity contribution is 5.74. The van der Waals surface area contributed by atoms with E-state index in [0.717, 1.165) is 16.9 Å². The Labute approximate surface area is 138 Å². The van der Waals surface area contributed by atoms with Gasteiger partial charge in [-0.25, -0.2) is 0 Å². The van der Waals surface area contributed by atoms with Crippen LogP contribution in [0.2, 0.25) is 0 Å². The number of rotatable bonds is 3. The SMILES string of the molecule is CC(=O)N(CC(O)c1ccc2c(c1)COC(C)(C)O2)C(C)(C)C. The maximum atomic E-state index is 11.8. The second-order valence-corrected chi connectivity index (χ2v) is 7.47. The molecule has 1 aliphatic heterocycles. The number of hydrogen-bond donors (Lipinski definition) is 1.